The number of carbonyl (C=O) groups is 1. The monoisotopic (exact) mass is 305 g/mol. The lowest BCUT2D eigenvalue weighted by atomic mass is 10.0. The summed E-state index contributed by atoms with van der Waals surface area (Å²) in [6.07, 6.45) is 1.87. The number of halogens is 1. The minimum atomic E-state index is -0.984. The third-order valence-corrected chi connectivity index (χ3v) is 2.95. The van der Waals surface area contributed by atoms with Gasteiger partial charge in [-0.1, -0.05) is 0 Å². The van der Waals surface area contributed by atoms with Crippen LogP contribution in [0.1, 0.15) is 23.7 Å². The van der Waals surface area contributed by atoms with Gasteiger partial charge in [0.1, 0.15) is 0 Å². The van der Waals surface area contributed by atoms with Gasteiger partial charge < -0.3 is 19.6 Å². The van der Waals surface area contributed by atoms with E-state index in [1.54, 1.807) is 20.1 Å². The number of hydrogen-bond acceptors (Lipinski definition) is 4. The lowest BCUT2D eigenvalue weighted by Gasteiger charge is -2.23. The lowest BCUT2D eigenvalue weighted by molar-refractivity contribution is 0.0243. The molecule has 0 bridgehead atoms. The van der Waals surface area contributed by atoms with Crippen LogP contribution in [0.15, 0.2) is 21.4 Å². The Morgan fingerprint density at radius 1 is 1.71 bits per heavy atom. The van der Waals surface area contributed by atoms with E-state index in [9.17, 15) is 9.90 Å². The Morgan fingerprint density at radius 2 is 2.41 bits per heavy atom. The van der Waals surface area contributed by atoms with Crippen LogP contribution in [0.4, 0.5) is 0 Å². The number of aliphatic hydroxyl groups is 1. The van der Waals surface area contributed by atoms with Crippen molar-refractivity contribution in [1.29, 1.82) is 0 Å². The minimum absolute atomic E-state index is 0.160. The summed E-state index contributed by atoms with van der Waals surface area (Å²) < 4.78 is 10.2. The van der Waals surface area contributed by atoms with Crippen LogP contribution in [0.5, 0.6) is 0 Å². The highest BCUT2D eigenvalue weighted by atomic mass is 79.9. The largest absolute Gasteiger partial charge is 0.457 e. The summed E-state index contributed by atoms with van der Waals surface area (Å²) in [4.78, 5) is 11.7. The van der Waals surface area contributed by atoms with E-state index in [1.807, 2.05) is 0 Å². The minimum Gasteiger partial charge on any atom is -0.457 e. The van der Waals surface area contributed by atoms with Crippen LogP contribution in [0.3, 0.4) is 0 Å². The van der Waals surface area contributed by atoms with Crippen molar-refractivity contribution in [2.24, 2.45) is 0 Å². The van der Waals surface area contributed by atoms with E-state index in [1.165, 1.54) is 6.26 Å². The zero-order valence-corrected chi connectivity index (χ0v) is 11.4. The molecule has 5 nitrogen and oxygen atoms in total. The molecule has 0 saturated heterocycles. The second-order valence-corrected chi connectivity index (χ2v) is 4.75. The highest BCUT2D eigenvalue weighted by Crippen LogP contribution is 2.17. The smallest absolute Gasteiger partial charge is 0.255 e. The van der Waals surface area contributed by atoms with Gasteiger partial charge in [0, 0.05) is 26.7 Å². The average Bonchev–Trinajstić information content (AvgIpc) is 2.70. The Labute approximate surface area is 108 Å². The van der Waals surface area contributed by atoms with Crippen molar-refractivity contribution in [3.63, 3.8) is 0 Å². The van der Waals surface area contributed by atoms with E-state index in [-0.39, 0.29) is 12.5 Å². The number of rotatable bonds is 6. The Balaban J connectivity index is 2.45. The molecule has 1 heterocycles. The highest BCUT2D eigenvalue weighted by molar-refractivity contribution is 9.10. The van der Waals surface area contributed by atoms with Crippen LogP contribution < -0.4 is 5.32 Å². The van der Waals surface area contributed by atoms with Gasteiger partial charge in [-0.3, -0.25) is 4.79 Å². The zero-order valence-electron chi connectivity index (χ0n) is 9.83. The molecule has 1 unspecified atom stereocenters. The van der Waals surface area contributed by atoms with Gasteiger partial charge in [0.2, 0.25) is 0 Å². The first kappa shape index (κ1) is 14.2. The van der Waals surface area contributed by atoms with Crippen LogP contribution in [-0.4, -0.2) is 36.9 Å². The van der Waals surface area contributed by atoms with E-state index in [0.717, 1.165) is 0 Å². The first-order valence-electron chi connectivity index (χ1n) is 5.19. The van der Waals surface area contributed by atoms with Crippen molar-refractivity contribution in [3.8, 4) is 0 Å². The van der Waals surface area contributed by atoms with Crippen molar-refractivity contribution in [2.45, 2.75) is 18.9 Å². The molecule has 1 amide bonds. The number of furan rings is 1. The fourth-order valence-corrected chi connectivity index (χ4v) is 1.65. The van der Waals surface area contributed by atoms with Crippen LogP contribution >= 0.6 is 15.9 Å². The van der Waals surface area contributed by atoms with Gasteiger partial charge in [-0.15, -0.1) is 0 Å². The molecule has 17 heavy (non-hydrogen) atoms. The normalized spacial score (nSPS) is 14.4. The molecule has 1 aromatic heterocycles. The van der Waals surface area contributed by atoms with E-state index in [2.05, 4.69) is 21.2 Å². The van der Waals surface area contributed by atoms with Crippen LogP contribution in [0.25, 0.3) is 0 Å². The van der Waals surface area contributed by atoms with E-state index in [4.69, 9.17) is 9.15 Å². The molecule has 0 aliphatic heterocycles. The van der Waals surface area contributed by atoms with Crippen molar-refractivity contribution in [2.75, 3.05) is 20.3 Å². The third kappa shape index (κ3) is 4.49. The van der Waals surface area contributed by atoms with Gasteiger partial charge in [0.15, 0.2) is 4.67 Å². The SMILES string of the molecule is COCCC(C)(O)CNC(=O)c1ccoc1Br. The number of nitrogens with one attached hydrogen (secondary N) is 1. The standard InChI is InChI=1S/C11H16BrNO4/c1-11(15,4-6-16-2)7-13-10(14)8-3-5-17-9(8)12/h3,5,15H,4,6-7H2,1-2H3,(H,13,14). The zero-order chi connectivity index (χ0) is 12.9. The maximum absolute atomic E-state index is 11.7. The van der Waals surface area contributed by atoms with Crippen LogP contribution in [0, 0.1) is 0 Å². The maximum atomic E-state index is 11.7. The summed E-state index contributed by atoms with van der Waals surface area (Å²) in [6, 6.07) is 1.56. The van der Waals surface area contributed by atoms with E-state index in [0.29, 0.717) is 23.3 Å². The van der Waals surface area contributed by atoms with Crippen molar-refractivity contribution >= 4 is 21.8 Å². The molecule has 0 saturated carbocycles. The molecular formula is C11H16BrNO4. The molecule has 1 rings (SSSR count). The number of amides is 1. The predicted molar refractivity (Wildman–Crippen MR) is 65.9 cm³/mol. The number of methoxy groups -OCH3 is 1. The summed E-state index contributed by atoms with van der Waals surface area (Å²) >= 11 is 3.12. The molecule has 0 aliphatic carbocycles. The molecule has 6 heteroatoms. The second-order valence-electron chi connectivity index (χ2n) is 4.03. The first-order chi connectivity index (χ1) is 7.96. The van der Waals surface area contributed by atoms with E-state index >= 15 is 0 Å². The predicted octanol–water partition coefficient (Wildman–Crippen LogP) is 1.56. The molecule has 1 aromatic rings. The third-order valence-electron chi connectivity index (χ3n) is 2.34. The summed E-state index contributed by atoms with van der Waals surface area (Å²) in [5.41, 5.74) is -0.574. The number of ether oxygens (including phenoxy) is 1. The fourth-order valence-electron chi connectivity index (χ4n) is 1.23. The molecule has 2 N–H and O–H groups in total. The summed E-state index contributed by atoms with van der Waals surface area (Å²) in [5.74, 6) is -0.289. The van der Waals surface area contributed by atoms with Gasteiger partial charge in [0.05, 0.1) is 17.4 Å². The molecule has 0 spiro atoms. The van der Waals surface area contributed by atoms with Crippen molar-refractivity contribution in [3.05, 3.63) is 22.6 Å². The van der Waals surface area contributed by atoms with Gasteiger partial charge >= 0.3 is 0 Å². The fraction of sp³-hybridized carbons (Fsp3) is 0.545. The summed E-state index contributed by atoms with van der Waals surface area (Å²) in [6.45, 7) is 2.25. The van der Waals surface area contributed by atoms with Crippen LogP contribution in [-0.2, 0) is 4.74 Å². The Bertz CT molecular complexity index is 375. The Kier molecular flexibility index (Phi) is 5.17. The molecule has 0 aliphatic rings. The summed E-state index contributed by atoms with van der Waals surface area (Å²) in [7, 11) is 1.57. The molecule has 1 atom stereocenters. The molecule has 96 valence electrons. The van der Waals surface area contributed by atoms with Gasteiger partial charge in [-0.2, -0.15) is 0 Å². The summed E-state index contributed by atoms with van der Waals surface area (Å²) in [5, 5.41) is 12.6. The maximum Gasteiger partial charge on any atom is 0.255 e. The molecular weight excluding hydrogens is 290 g/mol. The second kappa shape index (κ2) is 6.18. The number of carbonyl (C=O) groups excluding carboxylic acids is 1. The first-order valence-corrected chi connectivity index (χ1v) is 5.98. The Hall–Kier alpha value is -0.850. The van der Waals surface area contributed by atoms with Gasteiger partial charge in [0.25, 0.3) is 5.91 Å². The quantitative estimate of drug-likeness (QED) is 0.836. The lowest BCUT2D eigenvalue weighted by Crippen LogP contribution is -2.41. The van der Waals surface area contributed by atoms with Crippen molar-refractivity contribution in [1.82, 2.24) is 5.32 Å². The average molecular weight is 306 g/mol. The molecule has 0 aromatic carbocycles. The van der Waals surface area contributed by atoms with Gasteiger partial charge in [-0.25, -0.2) is 0 Å². The molecule has 0 radical (unpaired) electrons. The van der Waals surface area contributed by atoms with E-state index < -0.39 is 5.60 Å². The Morgan fingerprint density at radius 3 is 2.94 bits per heavy atom. The van der Waals surface area contributed by atoms with Crippen LogP contribution in [0.2, 0.25) is 0 Å². The van der Waals surface area contributed by atoms with Gasteiger partial charge in [-0.05, 0) is 28.9 Å². The number of hydrogen-bond donors (Lipinski definition) is 2. The molecule has 0 fully saturated rings. The highest BCUT2D eigenvalue weighted by Gasteiger charge is 2.22. The van der Waals surface area contributed by atoms with Crippen molar-refractivity contribution < 1.29 is 19.1 Å². The topological polar surface area (TPSA) is 71.7 Å².